The lowest BCUT2D eigenvalue weighted by Gasteiger charge is -2.23. The van der Waals surface area contributed by atoms with Crippen LogP contribution in [0.15, 0.2) is 6.33 Å². The molecule has 1 heterocycles. The third-order valence-electron chi connectivity index (χ3n) is 2.19. The van der Waals surface area contributed by atoms with Crippen LogP contribution < -0.4 is 11.1 Å². The molecule has 0 aliphatic heterocycles. The number of alkyl carbamates (subject to hydrolysis) is 1. The van der Waals surface area contributed by atoms with Gasteiger partial charge in [-0.2, -0.15) is 0 Å². The van der Waals surface area contributed by atoms with Gasteiger partial charge in [-0.05, 0) is 20.8 Å². The second-order valence-corrected chi connectivity index (χ2v) is 5.32. The molecule has 18 heavy (non-hydrogen) atoms. The number of nitrogens with one attached hydrogen (secondary N) is 1. The van der Waals surface area contributed by atoms with Gasteiger partial charge in [-0.15, -0.1) is 0 Å². The van der Waals surface area contributed by atoms with Gasteiger partial charge in [-0.25, -0.2) is 9.78 Å². The topological polar surface area (TPSA) is 82.2 Å². The maximum absolute atomic E-state index is 11.7. The summed E-state index contributed by atoms with van der Waals surface area (Å²) >= 11 is 5.96. The van der Waals surface area contributed by atoms with Crippen LogP contribution in [0.1, 0.15) is 32.5 Å². The third-order valence-corrected chi connectivity index (χ3v) is 2.48. The van der Waals surface area contributed by atoms with Crippen LogP contribution in [0.2, 0.25) is 5.15 Å². The molecule has 0 saturated carbocycles. The van der Waals surface area contributed by atoms with Crippen LogP contribution in [0.3, 0.4) is 0 Å². The van der Waals surface area contributed by atoms with Crippen molar-refractivity contribution in [3.63, 3.8) is 0 Å². The van der Waals surface area contributed by atoms with E-state index in [1.54, 1.807) is 38.7 Å². The monoisotopic (exact) mass is 274 g/mol. The maximum atomic E-state index is 11.7. The van der Waals surface area contributed by atoms with Gasteiger partial charge >= 0.3 is 6.09 Å². The summed E-state index contributed by atoms with van der Waals surface area (Å²) in [5, 5.41) is 3.00. The minimum absolute atomic E-state index is 0.207. The highest BCUT2D eigenvalue weighted by Crippen LogP contribution is 2.20. The summed E-state index contributed by atoms with van der Waals surface area (Å²) in [6.07, 6.45) is 1.03. The summed E-state index contributed by atoms with van der Waals surface area (Å²) in [5.74, 6) is 0. The summed E-state index contributed by atoms with van der Waals surface area (Å²) in [5.41, 5.74) is 5.75. The van der Waals surface area contributed by atoms with Crippen LogP contribution >= 0.6 is 11.6 Å². The number of carbonyl (C=O) groups excluding carboxylic acids is 1. The molecule has 0 saturated heterocycles. The van der Waals surface area contributed by atoms with E-state index in [4.69, 9.17) is 22.1 Å². The molecule has 0 aliphatic rings. The number of imidazole rings is 1. The van der Waals surface area contributed by atoms with Gasteiger partial charge in [0.2, 0.25) is 0 Å². The summed E-state index contributed by atoms with van der Waals surface area (Å²) in [6.45, 7) is 5.59. The largest absolute Gasteiger partial charge is 0.444 e. The van der Waals surface area contributed by atoms with Crippen LogP contribution in [0.5, 0.6) is 0 Å². The Balaban J connectivity index is 2.77. The van der Waals surface area contributed by atoms with Crippen LogP contribution in [0, 0.1) is 0 Å². The molecule has 0 fully saturated rings. The number of hydrogen-bond donors (Lipinski definition) is 2. The van der Waals surface area contributed by atoms with E-state index in [-0.39, 0.29) is 6.54 Å². The molecule has 0 radical (unpaired) electrons. The molecule has 0 aromatic carbocycles. The molecule has 1 rings (SSSR count). The molecule has 1 aromatic heterocycles. The molecule has 0 spiro atoms. The molecule has 1 atom stereocenters. The van der Waals surface area contributed by atoms with Crippen LogP contribution in [0.25, 0.3) is 0 Å². The van der Waals surface area contributed by atoms with Crippen molar-refractivity contribution in [1.82, 2.24) is 14.9 Å². The molecule has 3 N–H and O–H groups in total. The fourth-order valence-electron chi connectivity index (χ4n) is 1.49. The van der Waals surface area contributed by atoms with E-state index in [1.165, 1.54) is 0 Å². The molecule has 1 unspecified atom stereocenters. The van der Waals surface area contributed by atoms with Crippen molar-refractivity contribution >= 4 is 17.7 Å². The number of hydrogen-bond acceptors (Lipinski definition) is 4. The number of carbonyl (C=O) groups is 1. The molecular weight excluding hydrogens is 256 g/mol. The number of nitrogens with zero attached hydrogens (tertiary/aromatic N) is 2. The van der Waals surface area contributed by atoms with Crippen LogP contribution in [-0.2, 0) is 11.8 Å². The molecule has 1 aromatic rings. The number of aryl methyl sites for hydroxylation is 1. The Labute approximate surface area is 111 Å². The number of halogens is 1. The Morgan fingerprint density at radius 2 is 2.28 bits per heavy atom. The van der Waals surface area contributed by atoms with Crippen molar-refractivity contribution in [1.29, 1.82) is 0 Å². The van der Waals surface area contributed by atoms with Crippen molar-refractivity contribution in [2.45, 2.75) is 32.4 Å². The minimum Gasteiger partial charge on any atom is -0.444 e. The summed E-state index contributed by atoms with van der Waals surface area (Å²) in [6, 6.07) is -0.431. The zero-order valence-corrected chi connectivity index (χ0v) is 11.8. The average Bonchev–Trinajstić information content (AvgIpc) is 2.53. The molecule has 0 bridgehead atoms. The van der Waals surface area contributed by atoms with Gasteiger partial charge in [0.25, 0.3) is 0 Å². The SMILES string of the molecule is Cn1cnc(Cl)c1C(CN)NC(=O)OC(C)(C)C. The lowest BCUT2D eigenvalue weighted by molar-refractivity contribution is 0.0503. The lowest BCUT2D eigenvalue weighted by atomic mass is 10.2. The van der Waals surface area contributed by atoms with Gasteiger partial charge in [-0.3, -0.25) is 0 Å². The van der Waals surface area contributed by atoms with Crippen molar-refractivity contribution in [3.8, 4) is 0 Å². The number of amides is 1. The third kappa shape index (κ3) is 3.89. The van der Waals surface area contributed by atoms with Crippen molar-refractivity contribution in [3.05, 3.63) is 17.2 Å². The lowest BCUT2D eigenvalue weighted by Crippen LogP contribution is -2.38. The molecule has 102 valence electrons. The van der Waals surface area contributed by atoms with Gasteiger partial charge in [0.15, 0.2) is 5.15 Å². The Bertz CT molecular complexity index is 406. The van der Waals surface area contributed by atoms with E-state index in [0.717, 1.165) is 0 Å². The Morgan fingerprint density at radius 3 is 2.67 bits per heavy atom. The van der Waals surface area contributed by atoms with Gasteiger partial charge < -0.3 is 20.4 Å². The maximum Gasteiger partial charge on any atom is 0.408 e. The normalized spacial score (nSPS) is 13.2. The van der Waals surface area contributed by atoms with Crippen molar-refractivity contribution in [2.75, 3.05) is 6.54 Å². The van der Waals surface area contributed by atoms with Crippen LogP contribution in [0.4, 0.5) is 4.79 Å². The van der Waals surface area contributed by atoms with Crippen LogP contribution in [-0.4, -0.2) is 27.8 Å². The Morgan fingerprint density at radius 1 is 1.67 bits per heavy atom. The van der Waals surface area contributed by atoms with Gasteiger partial charge in [-0.1, -0.05) is 11.6 Å². The smallest absolute Gasteiger partial charge is 0.408 e. The first-order valence-corrected chi connectivity index (χ1v) is 5.98. The minimum atomic E-state index is -0.556. The van der Waals surface area contributed by atoms with Crippen molar-refractivity contribution < 1.29 is 9.53 Å². The van der Waals surface area contributed by atoms with Gasteiger partial charge in [0, 0.05) is 13.6 Å². The zero-order chi connectivity index (χ0) is 13.9. The predicted molar refractivity (Wildman–Crippen MR) is 69.4 cm³/mol. The second kappa shape index (κ2) is 5.58. The number of rotatable bonds is 3. The Kier molecular flexibility index (Phi) is 4.59. The molecule has 7 heteroatoms. The second-order valence-electron chi connectivity index (χ2n) is 4.97. The molecule has 1 amide bonds. The quantitative estimate of drug-likeness (QED) is 0.877. The van der Waals surface area contributed by atoms with E-state index in [1.807, 2.05) is 0 Å². The number of nitrogens with two attached hydrogens (primary N) is 1. The average molecular weight is 275 g/mol. The molecular formula is C11H19ClN4O2. The van der Waals surface area contributed by atoms with E-state index in [0.29, 0.717) is 10.8 Å². The predicted octanol–water partition coefficient (Wildman–Crippen LogP) is 1.60. The van der Waals surface area contributed by atoms with E-state index < -0.39 is 17.7 Å². The standard InChI is InChI=1S/C11H19ClN4O2/c1-11(2,3)18-10(17)15-7(5-13)8-9(12)14-6-16(8)4/h6-7H,5,13H2,1-4H3,(H,15,17). The molecule has 6 nitrogen and oxygen atoms in total. The molecule has 0 aliphatic carbocycles. The fraction of sp³-hybridized carbons (Fsp3) is 0.636. The first kappa shape index (κ1) is 14.8. The van der Waals surface area contributed by atoms with Gasteiger partial charge in [0.1, 0.15) is 5.60 Å². The fourth-order valence-corrected chi connectivity index (χ4v) is 1.80. The highest BCUT2D eigenvalue weighted by atomic mass is 35.5. The van der Waals surface area contributed by atoms with E-state index >= 15 is 0 Å². The number of ether oxygens (including phenoxy) is 1. The highest BCUT2D eigenvalue weighted by molar-refractivity contribution is 6.30. The Hall–Kier alpha value is -1.27. The first-order valence-electron chi connectivity index (χ1n) is 5.61. The highest BCUT2D eigenvalue weighted by Gasteiger charge is 2.23. The van der Waals surface area contributed by atoms with Gasteiger partial charge in [0.05, 0.1) is 18.1 Å². The summed E-state index contributed by atoms with van der Waals surface area (Å²) < 4.78 is 6.89. The first-order chi connectivity index (χ1) is 8.24. The van der Waals surface area contributed by atoms with E-state index in [9.17, 15) is 4.79 Å². The van der Waals surface area contributed by atoms with Crippen molar-refractivity contribution in [2.24, 2.45) is 12.8 Å². The summed E-state index contributed by atoms with van der Waals surface area (Å²) in [7, 11) is 1.79. The summed E-state index contributed by atoms with van der Waals surface area (Å²) in [4.78, 5) is 15.6. The van der Waals surface area contributed by atoms with E-state index in [2.05, 4.69) is 10.3 Å². The number of aromatic nitrogens is 2. The zero-order valence-electron chi connectivity index (χ0n) is 11.0.